The van der Waals surface area contributed by atoms with Crippen LogP contribution < -0.4 is 0 Å². The minimum absolute atomic E-state index is 0.678. The maximum absolute atomic E-state index is 4.84. The zero-order valence-electron chi connectivity index (χ0n) is 17.7. The summed E-state index contributed by atoms with van der Waals surface area (Å²) in [5, 5.41) is 0. The lowest BCUT2D eigenvalue weighted by Gasteiger charge is -2.09. The predicted octanol–water partition coefficient (Wildman–Crippen LogP) is 5.89. The van der Waals surface area contributed by atoms with Gasteiger partial charge in [-0.15, -0.1) is 0 Å². The third-order valence-electron chi connectivity index (χ3n) is 5.27. The van der Waals surface area contributed by atoms with E-state index in [1.807, 2.05) is 48.5 Å². The Hall–Kier alpha value is -4.25. The highest BCUT2D eigenvalue weighted by Gasteiger charge is 2.11. The molecule has 0 atom stereocenters. The topological polar surface area (TPSA) is 64.5 Å². The Morgan fingerprint density at radius 3 is 1.38 bits per heavy atom. The zero-order valence-corrected chi connectivity index (χ0v) is 17.7. The summed E-state index contributed by atoms with van der Waals surface area (Å²) in [5.41, 5.74) is 6.34. The summed E-state index contributed by atoms with van der Waals surface area (Å²) in [6, 6.07) is 24.5. The van der Waals surface area contributed by atoms with E-state index in [0.29, 0.717) is 11.6 Å². The van der Waals surface area contributed by atoms with Gasteiger partial charge in [0.05, 0.1) is 0 Å². The lowest BCUT2D eigenvalue weighted by atomic mass is 10.0. The number of hydrogen-bond donors (Lipinski definition) is 0. The van der Waals surface area contributed by atoms with Crippen molar-refractivity contribution in [2.24, 2.45) is 0 Å². The molecule has 0 radical (unpaired) electrons. The van der Waals surface area contributed by atoms with Crippen LogP contribution in [0.4, 0.5) is 0 Å². The van der Waals surface area contributed by atoms with Gasteiger partial charge in [0, 0.05) is 42.3 Å². The first-order valence-corrected chi connectivity index (χ1v) is 10.6. The van der Waals surface area contributed by atoms with E-state index in [1.165, 1.54) is 0 Å². The van der Waals surface area contributed by atoms with Crippen LogP contribution in [0.5, 0.6) is 0 Å². The molecule has 0 amide bonds. The van der Waals surface area contributed by atoms with E-state index in [-0.39, 0.29) is 0 Å². The number of rotatable bonds is 5. The Morgan fingerprint density at radius 2 is 0.938 bits per heavy atom. The molecule has 0 fully saturated rings. The molecule has 0 spiro atoms. The SMILES string of the molecule is CCc1nc(-c2cccc(-c3ccncc3)c2)nc(-c2cccc(-c3ccncc3)c2)n1. The van der Waals surface area contributed by atoms with Crippen LogP contribution in [-0.4, -0.2) is 24.9 Å². The molecule has 0 N–H and O–H groups in total. The Labute approximate surface area is 186 Å². The van der Waals surface area contributed by atoms with Gasteiger partial charge in [-0.05, 0) is 58.7 Å². The van der Waals surface area contributed by atoms with Gasteiger partial charge >= 0.3 is 0 Å². The van der Waals surface area contributed by atoms with Gasteiger partial charge in [-0.1, -0.05) is 43.3 Å². The highest BCUT2D eigenvalue weighted by atomic mass is 15.0. The maximum atomic E-state index is 4.84. The number of benzene rings is 2. The molecule has 5 heteroatoms. The molecule has 154 valence electrons. The van der Waals surface area contributed by atoms with Gasteiger partial charge in [-0.3, -0.25) is 9.97 Å². The number of aromatic nitrogens is 5. The first-order valence-electron chi connectivity index (χ1n) is 10.6. The normalized spacial score (nSPS) is 10.8. The van der Waals surface area contributed by atoms with Crippen molar-refractivity contribution in [3.05, 3.63) is 103 Å². The molecule has 0 aliphatic heterocycles. The summed E-state index contributed by atoms with van der Waals surface area (Å²) >= 11 is 0. The van der Waals surface area contributed by atoms with Gasteiger partial charge in [0.1, 0.15) is 5.82 Å². The first kappa shape index (κ1) is 19.7. The average molecular weight is 416 g/mol. The molecule has 0 aliphatic carbocycles. The van der Waals surface area contributed by atoms with Gasteiger partial charge in [-0.25, -0.2) is 15.0 Å². The number of pyridine rings is 2. The quantitative estimate of drug-likeness (QED) is 0.358. The molecular formula is C27H21N5. The molecule has 5 nitrogen and oxygen atoms in total. The predicted molar refractivity (Wildman–Crippen MR) is 127 cm³/mol. The fraction of sp³-hybridized carbons (Fsp3) is 0.0741. The summed E-state index contributed by atoms with van der Waals surface area (Å²) in [5.74, 6) is 2.13. The number of aryl methyl sites for hydroxylation is 1. The molecule has 0 bridgehead atoms. The van der Waals surface area contributed by atoms with E-state index in [4.69, 9.17) is 15.0 Å². The minimum Gasteiger partial charge on any atom is -0.265 e. The lowest BCUT2D eigenvalue weighted by Crippen LogP contribution is -2.02. The summed E-state index contributed by atoms with van der Waals surface area (Å²) < 4.78 is 0. The second-order valence-electron chi connectivity index (χ2n) is 7.39. The van der Waals surface area contributed by atoms with Crippen molar-refractivity contribution in [3.8, 4) is 45.0 Å². The smallest absolute Gasteiger partial charge is 0.163 e. The Morgan fingerprint density at radius 1 is 0.500 bits per heavy atom. The number of hydrogen-bond acceptors (Lipinski definition) is 5. The van der Waals surface area contributed by atoms with Crippen LogP contribution in [0, 0.1) is 0 Å². The summed E-state index contributed by atoms with van der Waals surface area (Å²) in [4.78, 5) is 22.5. The highest BCUT2D eigenvalue weighted by Crippen LogP contribution is 2.27. The highest BCUT2D eigenvalue weighted by molar-refractivity contribution is 5.72. The average Bonchev–Trinajstić information content (AvgIpc) is 2.89. The zero-order chi connectivity index (χ0) is 21.8. The third kappa shape index (κ3) is 4.14. The fourth-order valence-electron chi connectivity index (χ4n) is 3.60. The molecule has 3 aromatic heterocycles. The van der Waals surface area contributed by atoms with Gasteiger partial charge in [0.15, 0.2) is 11.6 Å². The van der Waals surface area contributed by atoms with Crippen molar-refractivity contribution >= 4 is 0 Å². The summed E-state index contributed by atoms with van der Waals surface area (Å²) in [6.07, 6.45) is 7.93. The van der Waals surface area contributed by atoms with Crippen molar-refractivity contribution in [1.29, 1.82) is 0 Å². The molecule has 3 heterocycles. The second kappa shape index (κ2) is 8.86. The van der Waals surface area contributed by atoms with Crippen molar-refractivity contribution in [1.82, 2.24) is 24.9 Å². The fourth-order valence-corrected chi connectivity index (χ4v) is 3.60. The summed E-state index contributed by atoms with van der Waals surface area (Å²) in [6.45, 7) is 2.06. The van der Waals surface area contributed by atoms with Crippen LogP contribution in [0.1, 0.15) is 12.7 Å². The molecule has 2 aromatic carbocycles. The largest absolute Gasteiger partial charge is 0.265 e. The van der Waals surface area contributed by atoms with E-state index < -0.39 is 0 Å². The van der Waals surface area contributed by atoms with E-state index in [9.17, 15) is 0 Å². The van der Waals surface area contributed by atoms with E-state index in [2.05, 4.69) is 41.2 Å². The maximum Gasteiger partial charge on any atom is 0.163 e. The van der Waals surface area contributed by atoms with E-state index in [1.54, 1.807) is 24.8 Å². The van der Waals surface area contributed by atoms with Crippen molar-refractivity contribution in [3.63, 3.8) is 0 Å². The molecule has 0 saturated carbocycles. The monoisotopic (exact) mass is 415 g/mol. The van der Waals surface area contributed by atoms with Gasteiger partial charge < -0.3 is 0 Å². The molecule has 5 rings (SSSR count). The van der Waals surface area contributed by atoms with Crippen molar-refractivity contribution in [2.45, 2.75) is 13.3 Å². The van der Waals surface area contributed by atoms with Crippen LogP contribution >= 0.6 is 0 Å². The molecule has 0 saturated heterocycles. The summed E-state index contributed by atoms with van der Waals surface area (Å²) in [7, 11) is 0. The molecular weight excluding hydrogens is 394 g/mol. The van der Waals surface area contributed by atoms with Crippen molar-refractivity contribution in [2.75, 3.05) is 0 Å². The van der Waals surface area contributed by atoms with E-state index in [0.717, 1.165) is 45.6 Å². The van der Waals surface area contributed by atoms with Crippen molar-refractivity contribution < 1.29 is 0 Å². The van der Waals surface area contributed by atoms with Crippen LogP contribution in [0.25, 0.3) is 45.0 Å². The molecule has 5 aromatic rings. The Balaban J connectivity index is 1.58. The lowest BCUT2D eigenvalue weighted by molar-refractivity contribution is 0.910. The molecule has 0 unspecified atom stereocenters. The standard InChI is InChI=1S/C27H21N5/c1-2-25-30-26(23-7-3-5-21(17-23)19-9-13-28-14-10-19)32-27(31-25)24-8-4-6-22(18-24)20-11-15-29-16-12-20/h3-18H,2H2,1H3. The van der Waals surface area contributed by atoms with Crippen LogP contribution in [-0.2, 0) is 6.42 Å². The van der Waals surface area contributed by atoms with Crippen LogP contribution in [0.15, 0.2) is 97.6 Å². The van der Waals surface area contributed by atoms with Gasteiger partial charge in [-0.2, -0.15) is 0 Å². The van der Waals surface area contributed by atoms with Gasteiger partial charge in [0.2, 0.25) is 0 Å². The minimum atomic E-state index is 0.678. The Bertz CT molecular complexity index is 1250. The third-order valence-corrected chi connectivity index (χ3v) is 5.27. The molecule has 32 heavy (non-hydrogen) atoms. The first-order chi connectivity index (χ1) is 15.8. The second-order valence-corrected chi connectivity index (χ2v) is 7.39. The van der Waals surface area contributed by atoms with Crippen LogP contribution in [0.2, 0.25) is 0 Å². The Kier molecular flexibility index (Phi) is 5.45. The van der Waals surface area contributed by atoms with Crippen LogP contribution in [0.3, 0.4) is 0 Å². The van der Waals surface area contributed by atoms with Gasteiger partial charge in [0.25, 0.3) is 0 Å². The number of nitrogens with zero attached hydrogens (tertiary/aromatic N) is 5. The van der Waals surface area contributed by atoms with E-state index >= 15 is 0 Å². The molecule has 0 aliphatic rings.